The Morgan fingerprint density at radius 1 is 1.54 bits per heavy atom. The molecule has 0 bridgehead atoms. The first kappa shape index (κ1) is 8.07. The van der Waals surface area contributed by atoms with E-state index >= 15 is 0 Å². The molecule has 5 heteroatoms. The highest BCUT2D eigenvalue weighted by Gasteiger charge is 2.01. The molecule has 0 N–H and O–H groups in total. The lowest BCUT2D eigenvalue weighted by Crippen LogP contribution is -2.22. The quantitative estimate of drug-likeness (QED) is 0.660. The van der Waals surface area contributed by atoms with E-state index in [0.29, 0.717) is 10.5 Å². The predicted molar refractivity (Wildman–Crippen MR) is 44.5 cm³/mol. The van der Waals surface area contributed by atoms with Gasteiger partial charge in [0.1, 0.15) is 5.69 Å². The Labute approximate surface area is 78.4 Å². The van der Waals surface area contributed by atoms with Crippen LogP contribution in [0.2, 0.25) is 5.02 Å². The lowest BCUT2D eigenvalue weighted by Gasteiger charge is -1.92. The Kier molecular flexibility index (Phi) is 1.70. The number of carbonyl (C=O) groups excluding carboxylic acids is 1. The average molecular weight is 196 g/mol. The Morgan fingerprint density at radius 3 is 3.00 bits per heavy atom. The minimum Gasteiger partial charge on any atom is -0.543 e. The van der Waals surface area contributed by atoms with Gasteiger partial charge in [0.05, 0.1) is 16.5 Å². The highest BCUT2D eigenvalue weighted by Crippen LogP contribution is 2.11. The van der Waals surface area contributed by atoms with E-state index in [4.69, 9.17) is 11.6 Å². The molecule has 0 amide bonds. The molecule has 2 aromatic heterocycles. The van der Waals surface area contributed by atoms with Crippen LogP contribution in [0.4, 0.5) is 0 Å². The average Bonchev–Trinajstić information content (AvgIpc) is 2.46. The first-order chi connectivity index (χ1) is 6.16. The SMILES string of the molecule is O=C([O-])c1cc2ccc(Cl)cn2n1. The zero-order chi connectivity index (χ0) is 9.42. The summed E-state index contributed by atoms with van der Waals surface area (Å²) in [5.41, 5.74) is 0.575. The molecule has 0 aromatic carbocycles. The van der Waals surface area contributed by atoms with Gasteiger partial charge in [0.2, 0.25) is 0 Å². The number of halogens is 1. The maximum absolute atomic E-state index is 10.4. The lowest BCUT2D eigenvalue weighted by atomic mass is 10.3. The van der Waals surface area contributed by atoms with Crippen molar-refractivity contribution in [1.29, 1.82) is 0 Å². The summed E-state index contributed by atoms with van der Waals surface area (Å²) in [5, 5.41) is 14.7. The van der Waals surface area contributed by atoms with E-state index in [2.05, 4.69) is 5.10 Å². The van der Waals surface area contributed by atoms with Gasteiger partial charge in [-0.25, -0.2) is 4.52 Å². The number of hydrogen-bond donors (Lipinski definition) is 0. The molecule has 13 heavy (non-hydrogen) atoms. The maximum atomic E-state index is 10.4. The van der Waals surface area contributed by atoms with Crippen LogP contribution in [0.3, 0.4) is 0 Å². The molecule has 2 heterocycles. The second-order valence-electron chi connectivity index (χ2n) is 2.53. The summed E-state index contributed by atoms with van der Waals surface area (Å²) in [6, 6.07) is 4.77. The maximum Gasteiger partial charge on any atom is 0.109 e. The number of rotatable bonds is 1. The third kappa shape index (κ3) is 1.36. The zero-order valence-corrected chi connectivity index (χ0v) is 7.15. The summed E-state index contributed by atoms with van der Waals surface area (Å²) < 4.78 is 1.40. The number of fused-ring (bicyclic) bond motifs is 1. The number of hydrogen-bond acceptors (Lipinski definition) is 3. The normalized spacial score (nSPS) is 10.5. The van der Waals surface area contributed by atoms with E-state index in [1.165, 1.54) is 16.8 Å². The highest BCUT2D eigenvalue weighted by molar-refractivity contribution is 6.30. The van der Waals surface area contributed by atoms with E-state index in [0.717, 1.165) is 0 Å². The van der Waals surface area contributed by atoms with Crippen LogP contribution < -0.4 is 5.11 Å². The van der Waals surface area contributed by atoms with Gasteiger partial charge in [-0.3, -0.25) is 0 Å². The van der Waals surface area contributed by atoms with Crippen molar-refractivity contribution in [2.24, 2.45) is 0 Å². The zero-order valence-electron chi connectivity index (χ0n) is 6.40. The van der Waals surface area contributed by atoms with Crippen molar-refractivity contribution in [3.8, 4) is 0 Å². The standard InChI is InChI=1S/C8H5ClN2O2/c9-5-1-2-6-3-7(8(12)13)10-11(6)4-5/h1-4H,(H,12,13)/p-1. The molecule has 0 radical (unpaired) electrons. The number of aromatic carboxylic acids is 1. The van der Waals surface area contributed by atoms with Crippen LogP contribution in [0.15, 0.2) is 24.4 Å². The first-order valence-electron chi connectivity index (χ1n) is 3.53. The second kappa shape index (κ2) is 2.74. The summed E-state index contributed by atoms with van der Waals surface area (Å²) in [4.78, 5) is 10.4. The topological polar surface area (TPSA) is 57.4 Å². The van der Waals surface area contributed by atoms with Gasteiger partial charge >= 0.3 is 0 Å². The molecule has 0 spiro atoms. The fourth-order valence-corrected chi connectivity index (χ4v) is 1.22. The minimum absolute atomic E-state index is 0.0951. The molecule has 0 saturated heterocycles. The molecule has 0 unspecified atom stereocenters. The Morgan fingerprint density at radius 2 is 2.31 bits per heavy atom. The molecule has 0 saturated carbocycles. The minimum atomic E-state index is -1.29. The van der Waals surface area contributed by atoms with Crippen LogP contribution in [0.5, 0.6) is 0 Å². The Hall–Kier alpha value is -1.55. The van der Waals surface area contributed by atoms with Crippen LogP contribution in [0, 0.1) is 0 Å². The van der Waals surface area contributed by atoms with Crippen molar-refractivity contribution < 1.29 is 9.90 Å². The number of pyridine rings is 1. The number of carboxylic acids is 1. The molecule has 2 rings (SSSR count). The largest absolute Gasteiger partial charge is 0.543 e. The molecule has 4 nitrogen and oxygen atoms in total. The van der Waals surface area contributed by atoms with Crippen molar-refractivity contribution in [1.82, 2.24) is 9.61 Å². The molecule has 0 atom stereocenters. The molecule has 0 aliphatic heterocycles. The van der Waals surface area contributed by atoms with Crippen molar-refractivity contribution in [3.63, 3.8) is 0 Å². The fourth-order valence-electron chi connectivity index (χ4n) is 1.06. The first-order valence-corrected chi connectivity index (χ1v) is 3.91. The van der Waals surface area contributed by atoms with Gasteiger partial charge in [-0.2, -0.15) is 5.10 Å². The summed E-state index contributed by atoms with van der Waals surface area (Å²) in [7, 11) is 0. The van der Waals surface area contributed by atoms with Gasteiger partial charge in [-0.1, -0.05) is 11.6 Å². The van der Waals surface area contributed by atoms with Crippen LogP contribution in [0.1, 0.15) is 10.5 Å². The second-order valence-corrected chi connectivity index (χ2v) is 2.97. The molecular formula is C8H4ClN2O2-. The highest BCUT2D eigenvalue weighted by atomic mass is 35.5. The third-order valence-corrected chi connectivity index (χ3v) is 1.86. The van der Waals surface area contributed by atoms with Gasteiger partial charge in [-0.05, 0) is 18.2 Å². The van der Waals surface area contributed by atoms with Crippen molar-refractivity contribution >= 4 is 23.1 Å². The molecule has 0 aliphatic rings. The number of aromatic nitrogens is 2. The van der Waals surface area contributed by atoms with Gasteiger partial charge in [0.25, 0.3) is 0 Å². The number of nitrogens with zero attached hydrogens (tertiary/aromatic N) is 2. The van der Waals surface area contributed by atoms with Crippen LogP contribution in [-0.4, -0.2) is 15.6 Å². The molecule has 0 fully saturated rings. The van der Waals surface area contributed by atoms with Crippen molar-refractivity contribution in [2.45, 2.75) is 0 Å². The van der Waals surface area contributed by atoms with Gasteiger partial charge in [-0.15, -0.1) is 0 Å². The van der Waals surface area contributed by atoms with E-state index in [1.807, 2.05) is 0 Å². The van der Waals surface area contributed by atoms with E-state index in [9.17, 15) is 9.90 Å². The third-order valence-electron chi connectivity index (χ3n) is 1.63. The van der Waals surface area contributed by atoms with E-state index < -0.39 is 5.97 Å². The van der Waals surface area contributed by atoms with Gasteiger partial charge < -0.3 is 9.90 Å². The van der Waals surface area contributed by atoms with E-state index in [-0.39, 0.29) is 5.69 Å². The van der Waals surface area contributed by atoms with Crippen LogP contribution in [0.25, 0.3) is 5.52 Å². The Balaban J connectivity index is 2.68. The van der Waals surface area contributed by atoms with Crippen molar-refractivity contribution in [3.05, 3.63) is 35.1 Å². The summed E-state index contributed by atoms with van der Waals surface area (Å²) in [5.74, 6) is -1.29. The molecule has 0 aliphatic carbocycles. The van der Waals surface area contributed by atoms with E-state index in [1.54, 1.807) is 12.1 Å². The van der Waals surface area contributed by atoms with Gasteiger partial charge in [0, 0.05) is 6.20 Å². The molecule has 2 aromatic rings. The number of carboxylic acid groups (broad SMARTS) is 1. The molecule has 66 valence electrons. The molecular weight excluding hydrogens is 192 g/mol. The summed E-state index contributed by atoms with van der Waals surface area (Å²) in [6.45, 7) is 0. The predicted octanol–water partition coefficient (Wildman–Crippen LogP) is 0.351. The smallest absolute Gasteiger partial charge is 0.109 e. The fraction of sp³-hybridized carbons (Fsp3) is 0. The monoisotopic (exact) mass is 195 g/mol. The Bertz CT molecular complexity index is 478. The van der Waals surface area contributed by atoms with Gasteiger partial charge in [0.15, 0.2) is 0 Å². The summed E-state index contributed by atoms with van der Waals surface area (Å²) in [6.07, 6.45) is 1.53. The number of carbonyl (C=O) groups is 1. The van der Waals surface area contributed by atoms with Crippen molar-refractivity contribution in [2.75, 3.05) is 0 Å². The summed E-state index contributed by atoms with van der Waals surface area (Å²) >= 11 is 5.68. The van der Waals surface area contributed by atoms with Crippen LogP contribution >= 0.6 is 11.6 Å². The van der Waals surface area contributed by atoms with Crippen LogP contribution in [-0.2, 0) is 0 Å². The lowest BCUT2D eigenvalue weighted by molar-refractivity contribution is -0.255.